The van der Waals surface area contributed by atoms with Crippen molar-refractivity contribution in [3.8, 4) is 34.6 Å². The molecule has 0 aliphatic carbocycles. The number of aromatic nitrogens is 1. The summed E-state index contributed by atoms with van der Waals surface area (Å²) >= 11 is 7.43. The number of nitriles is 1. The second-order valence-corrected chi connectivity index (χ2v) is 9.39. The van der Waals surface area contributed by atoms with Crippen LogP contribution in [0, 0.1) is 21.4 Å². The molecule has 4 rings (SSSR count). The number of carbonyl (C=O) groups excluding carboxylic acids is 1. The maximum absolute atomic E-state index is 13.6. The molecule has 0 unspecified atom stereocenters. The zero-order valence-electron chi connectivity index (χ0n) is 21.4. The zero-order chi connectivity index (χ0) is 28.8. The average molecular weight is 577 g/mol. The number of nitrogens with zero attached hydrogens (tertiary/aromatic N) is 3. The SMILES string of the molecule is COc1cc(C(=O)c2cc(Cl)ccc2NC=C(C#N)c2nc(-c3cccc([N+](=O)[O-])c3)cs2)cc(OC)c1OC. The highest BCUT2D eigenvalue weighted by molar-refractivity contribution is 7.11. The van der Waals surface area contributed by atoms with Crippen molar-refractivity contribution in [3.05, 3.63) is 97.4 Å². The highest BCUT2D eigenvalue weighted by atomic mass is 35.5. The number of halogens is 1. The van der Waals surface area contributed by atoms with E-state index in [0.29, 0.717) is 44.2 Å². The van der Waals surface area contributed by atoms with Crippen LogP contribution in [0.2, 0.25) is 5.02 Å². The number of non-ortho nitro benzene ring substituents is 1. The first-order valence-corrected chi connectivity index (χ1v) is 12.8. The van der Waals surface area contributed by atoms with Crippen LogP contribution in [0.3, 0.4) is 0 Å². The number of methoxy groups -OCH3 is 3. The van der Waals surface area contributed by atoms with Crippen molar-refractivity contribution >= 4 is 45.7 Å². The third-order valence-electron chi connectivity index (χ3n) is 5.73. The van der Waals surface area contributed by atoms with E-state index >= 15 is 0 Å². The lowest BCUT2D eigenvalue weighted by Gasteiger charge is -2.15. The summed E-state index contributed by atoms with van der Waals surface area (Å²) in [5.41, 5.74) is 2.09. The van der Waals surface area contributed by atoms with Gasteiger partial charge in [0.25, 0.3) is 5.69 Å². The molecule has 0 radical (unpaired) electrons. The molecule has 0 saturated heterocycles. The minimum Gasteiger partial charge on any atom is -0.493 e. The van der Waals surface area contributed by atoms with Crippen LogP contribution in [0.5, 0.6) is 17.2 Å². The number of hydrogen-bond acceptors (Lipinski definition) is 10. The van der Waals surface area contributed by atoms with Gasteiger partial charge in [0.05, 0.1) is 31.9 Å². The molecule has 3 aromatic carbocycles. The number of anilines is 1. The quantitative estimate of drug-likeness (QED) is 0.0957. The lowest BCUT2D eigenvalue weighted by molar-refractivity contribution is -0.384. The molecular weight excluding hydrogens is 556 g/mol. The van der Waals surface area contributed by atoms with Crippen molar-refractivity contribution in [3.63, 3.8) is 0 Å². The summed E-state index contributed by atoms with van der Waals surface area (Å²) in [5, 5.41) is 26.4. The number of ketones is 1. The molecule has 0 saturated carbocycles. The largest absolute Gasteiger partial charge is 0.493 e. The van der Waals surface area contributed by atoms with Crippen molar-refractivity contribution in [2.75, 3.05) is 26.6 Å². The number of thiazole rings is 1. The molecule has 0 atom stereocenters. The number of carbonyl (C=O) groups is 1. The monoisotopic (exact) mass is 576 g/mol. The molecule has 0 amide bonds. The van der Waals surface area contributed by atoms with Gasteiger partial charge < -0.3 is 19.5 Å². The fourth-order valence-corrected chi connectivity index (χ4v) is 4.77. The number of nitro benzene ring substituents is 1. The summed E-state index contributed by atoms with van der Waals surface area (Å²) in [6, 6.07) is 16.0. The van der Waals surface area contributed by atoms with Gasteiger partial charge in [-0.2, -0.15) is 5.26 Å². The minimum atomic E-state index is -0.482. The van der Waals surface area contributed by atoms with Crippen LogP contribution in [0.1, 0.15) is 20.9 Å². The van der Waals surface area contributed by atoms with E-state index in [1.807, 2.05) is 0 Å². The van der Waals surface area contributed by atoms with Crippen LogP contribution in [0.15, 0.2) is 66.2 Å². The van der Waals surface area contributed by atoms with Gasteiger partial charge in [0.15, 0.2) is 17.3 Å². The first-order chi connectivity index (χ1) is 19.3. The maximum atomic E-state index is 13.6. The first-order valence-electron chi connectivity index (χ1n) is 11.5. The Morgan fingerprint density at radius 2 is 1.82 bits per heavy atom. The number of hydrogen-bond donors (Lipinski definition) is 1. The third kappa shape index (κ3) is 5.88. The Bertz CT molecular complexity index is 1650. The summed E-state index contributed by atoms with van der Waals surface area (Å²) in [6.07, 6.45) is 1.44. The molecule has 1 heterocycles. The van der Waals surface area contributed by atoms with E-state index in [9.17, 15) is 20.2 Å². The Morgan fingerprint density at radius 1 is 1.10 bits per heavy atom. The lowest BCUT2D eigenvalue weighted by Crippen LogP contribution is -2.07. The van der Waals surface area contributed by atoms with Gasteiger partial charge in [-0.25, -0.2) is 4.98 Å². The van der Waals surface area contributed by atoms with Crippen LogP contribution in [0.4, 0.5) is 11.4 Å². The molecule has 0 aliphatic rings. The number of nitrogens with one attached hydrogen (secondary N) is 1. The number of benzene rings is 3. The smallest absolute Gasteiger partial charge is 0.270 e. The predicted molar refractivity (Wildman–Crippen MR) is 152 cm³/mol. The molecule has 0 bridgehead atoms. The third-order valence-corrected chi connectivity index (χ3v) is 6.84. The van der Waals surface area contributed by atoms with Gasteiger partial charge in [0.2, 0.25) is 5.75 Å². The van der Waals surface area contributed by atoms with Gasteiger partial charge in [0, 0.05) is 51.1 Å². The average Bonchev–Trinajstić information content (AvgIpc) is 3.47. The molecule has 10 nitrogen and oxygen atoms in total. The summed E-state index contributed by atoms with van der Waals surface area (Å²) in [5.74, 6) is 0.604. The van der Waals surface area contributed by atoms with Crippen molar-refractivity contribution in [2.24, 2.45) is 0 Å². The Morgan fingerprint density at radius 3 is 2.45 bits per heavy atom. The van der Waals surface area contributed by atoms with Gasteiger partial charge in [-0.15, -0.1) is 11.3 Å². The van der Waals surface area contributed by atoms with Crippen molar-refractivity contribution in [1.82, 2.24) is 4.98 Å². The number of ether oxygens (including phenoxy) is 3. The van der Waals surface area contributed by atoms with Crippen LogP contribution in [-0.2, 0) is 0 Å². The van der Waals surface area contributed by atoms with Crippen molar-refractivity contribution < 1.29 is 23.9 Å². The van der Waals surface area contributed by atoms with Gasteiger partial charge in [0.1, 0.15) is 16.6 Å². The van der Waals surface area contributed by atoms with Gasteiger partial charge in [-0.05, 0) is 30.3 Å². The van der Waals surface area contributed by atoms with E-state index in [4.69, 9.17) is 25.8 Å². The second-order valence-electron chi connectivity index (χ2n) is 8.09. The standard InChI is InChI=1S/C28H21ClN4O6S/c1-37-24-10-17(11-25(38-2)27(24)39-3)26(34)21-12-19(29)7-8-22(21)31-14-18(13-30)28-32-23(15-40-28)16-5-4-6-20(9-16)33(35)36/h4-12,14-15,31H,1-3H3. The number of nitro groups is 1. The lowest BCUT2D eigenvalue weighted by atomic mass is 10.0. The van der Waals surface area contributed by atoms with Gasteiger partial charge in [-0.1, -0.05) is 23.7 Å². The Balaban J connectivity index is 1.66. The predicted octanol–water partition coefficient (Wildman–Crippen LogP) is 6.61. The molecular formula is C28H21ClN4O6S. The topological polar surface area (TPSA) is 137 Å². The first kappa shape index (κ1) is 28.1. The Kier molecular flexibility index (Phi) is 8.63. The summed E-state index contributed by atoms with van der Waals surface area (Å²) < 4.78 is 16.1. The molecule has 40 heavy (non-hydrogen) atoms. The fraction of sp³-hybridized carbons (Fsp3) is 0.107. The summed E-state index contributed by atoms with van der Waals surface area (Å²) in [6.45, 7) is 0. The van der Waals surface area contributed by atoms with Crippen molar-refractivity contribution in [1.29, 1.82) is 5.26 Å². The maximum Gasteiger partial charge on any atom is 0.270 e. The highest BCUT2D eigenvalue weighted by Gasteiger charge is 2.21. The molecule has 1 N–H and O–H groups in total. The van der Waals surface area contributed by atoms with Crippen LogP contribution >= 0.6 is 22.9 Å². The molecule has 12 heteroatoms. The Labute approximate surface area is 238 Å². The molecule has 0 fully saturated rings. The van der Waals surface area contributed by atoms with E-state index in [1.54, 1.807) is 29.6 Å². The normalized spacial score (nSPS) is 10.9. The van der Waals surface area contributed by atoms with Crippen LogP contribution in [-0.4, -0.2) is 37.0 Å². The molecule has 202 valence electrons. The fourth-order valence-electron chi connectivity index (χ4n) is 3.80. The van der Waals surface area contributed by atoms with Crippen LogP contribution in [0.25, 0.3) is 16.8 Å². The summed E-state index contributed by atoms with van der Waals surface area (Å²) in [7, 11) is 4.37. The Hall–Kier alpha value is -4.92. The van der Waals surface area contributed by atoms with E-state index in [1.165, 1.54) is 69.2 Å². The van der Waals surface area contributed by atoms with Gasteiger partial charge in [-0.3, -0.25) is 14.9 Å². The molecule has 4 aromatic rings. The highest BCUT2D eigenvalue weighted by Crippen LogP contribution is 2.39. The summed E-state index contributed by atoms with van der Waals surface area (Å²) in [4.78, 5) is 28.7. The molecule has 1 aromatic heterocycles. The van der Waals surface area contributed by atoms with E-state index in [2.05, 4.69) is 16.4 Å². The van der Waals surface area contributed by atoms with Crippen LogP contribution < -0.4 is 19.5 Å². The number of rotatable bonds is 10. The second kappa shape index (κ2) is 12.3. The molecule has 0 aliphatic heterocycles. The van der Waals surface area contributed by atoms with E-state index in [-0.39, 0.29) is 28.2 Å². The minimum absolute atomic E-state index is 0.0585. The van der Waals surface area contributed by atoms with E-state index < -0.39 is 4.92 Å². The van der Waals surface area contributed by atoms with Gasteiger partial charge >= 0.3 is 0 Å². The zero-order valence-corrected chi connectivity index (χ0v) is 23.0. The number of allylic oxidation sites excluding steroid dienone is 1. The molecule has 0 spiro atoms. The van der Waals surface area contributed by atoms with Crippen molar-refractivity contribution in [2.45, 2.75) is 0 Å². The van der Waals surface area contributed by atoms with E-state index in [0.717, 1.165) is 0 Å².